The van der Waals surface area contributed by atoms with E-state index < -0.39 is 0 Å². The lowest BCUT2D eigenvalue weighted by molar-refractivity contribution is -0.122. The first kappa shape index (κ1) is 18.6. The van der Waals surface area contributed by atoms with Gasteiger partial charge in [0.15, 0.2) is 5.96 Å². The summed E-state index contributed by atoms with van der Waals surface area (Å²) in [5.74, 6) is 1.60. The first-order valence-electron chi connectivity index (χ1n) is 8.12. The minimum absolute atomic E-state index is 0.146. The van der Waals surface area contributed by atoms with Gasteiger partial charge in [-0.25, -0.2) is 4.39 Å². The predicted molar refractivity (Wildman–Crippen MR) is 97.6 cm³/mol. The van der Waals surface area contributed by atoms with Crippen molar-refractivity contribution in [1.82, 2.24) is 16.0 Å². The summed E-state index contributed by atoms with van der Waals surface area (Å²) >= 11 is 1.66. The molecule has 1 aromatic carbocycles. The van der Waals surface area contributed by atoms with E-state index in [-0.39, 0.29) is 17.6 Å². The van der Waals surface area contributed by atoms with Crippen LogP contribution in [0.3, 0.4) is 0 Å². The summed E-state index contributed by atoms with van der Waals surface area (Å²) in [5.41, 5.74) is 2.04. The van der Waals surface area contributed by atoms with Gasteiger partial charge in [-0.1, -0.05) is 6.07 Å². The summed E-state index contributed by atoms with van der Waals surface area (Å²) in [6.45, 7) is 1.76. The Kier molecular flexibility index (Phi) is 7.36. The number of rotatable bonds is 8. The fourth-order valence-electron chi connectivity index (χ4n) is 2.31. The largest absolute Gasteiger partial charge is 0.355 e. The van der Waals surface area contributed by atoms with Crippen LogP contribution in [0.2, 0.25) is 0 Å². The molecule has 1 aliphatic carbocycles. The molecule has 0 aliphatic heterocycles. The Labute approximate surface area is 146 Å². The molecule has 2 rings (SSSR count). The van der Waals surface area contributed by atoms with E-state index in [1.807, 2.05) is 6.26 Å². The number of amides is 1. The average molecular weight is 352 g/mol. The number of benzene rings is 1. The van der Waals surface area contributed by atoms with E-state index in [1.54, 1.807) is 30.9 Å². The zero-order valence-corrected chi connectivity index (χ0v) is 15.0. The molecular formula is C17H25FN4OS. The van der Waals surface area contributed by atoms with Crippen LogP contribution < -0.4 is 16.0 Å². The second kappa shape index (κ2) is 9.52. The second-order valence-corrected chi connectivity index (χ2v) is 6.63. The molecule has 132 valence electrons. The van der Waals surface area contributed by atoms with Crippen molar-refractivity contribution in [3.8, 4) is 0 Å². The number of thioether (sulfide) groups is 1. The van der Waals surface area contributed by atoms with Gasteiger partial charge in [0.2, 0.25) is 5.91 Å². The molecular weight excluding hydrogens is 327 g/mol. The van der Waals surface area contributed by atoms with Crippen LogP contribution in [0.25, 0.3) is 0 Å². The molecule has 5 nitrogen and oxygen atoms in total. The Bertz CT molecular complexity index is 590. The van der Waals surface area contributed by atoms with Crippen molar-refractivity contribution < 1.29 is 9.18 Å². The maximum absolute atomic E-state index is 13.4. The van der Waals surface area contributed by atoms with Crippen molar-refractivity contribution in [3.05, 3.63) is 35.1 Å². The van der Waals surface area contributed by atoms with Crippen LogP contribution in [0.1, 0.15) is 24.0 Å². The third-order valence-corrected chi connectivity index (χ3v) is 4.40. The van der Waals surface area contributed by atoms with Crippen molar-refractivity contribution >= 4 is 23.6 Å². The topological polar surface area (TPSA) is 65.5 Å². The third-order valence-electron chi connectivity index (χ3n) is 3.80. The van der Waals surface area contributed by atoms with Crippen LogP contribution in [0.5, 0.6) is 0 Å². The molecule has 0 spiro atoms. The van der Waals surface area contributed by atoms with Gasteiger partial charge in [0.05, 0.1) is 0 Å². The number of guanidine groups is 1. The van der Waals surface area contributed by atoms with Crippen LogP contribution in [-0.4, -0.2) is 38.3 Å². The molecule has 24 heavy (non-hydrogen) atoms. The van der Waals surface area contributed by atoms with Gasteiger partial charge in [0.1, 0.15) is 5.82 Å². The van der Waals surface area contributed by atoms with Gasteiger partial charge in [0, 0.05) is 38.4 Å². The highest BCUT2D eigenvalue weighted by Gasteiger charge is 2.28. The normalized spacial score (nSPS) is 14.4. The number of carbonyl (C=O) groups is 1. The summed E-state index contributed by atoms with van der Waals surface area (Å²) in [6, 6.07) is 4.86. The second-order valence-electron chi connectivity index (χ2n) is 5.76. The summed E-state index contributed by atoms with van der Waals surface area (Å²) in [7, 11) is 1.70. The minimum Gasteiger partial charge on any atom is -0.355 e. The number of hydrogen-bond acceptors (Lipinski definition) is 3. The summed E-state index contributed by atoms with van der Waals surface area (Å²) in [6.07, 6.45) is 4.02. The number of carbonyl (C=O) groups excluding carboxylic acids is 1. The van der Waals surface area contributed by atoms with Gasteiger partial charge in [-0.05, 0) is 42.4 Å². The van der Waals surface area contributed by atoms with Crippen molar-refractivity contribution in [3.63, 3.8) is 0 Å². The first-order valence-corrected chi connectivity index (χ1v) is 9.52. The minimum atomic E-state index is -0.211. The zero-order chi connectivity index (χ0) is 17.4. The molecule has 3 N–H and O–H groups in total. The van der Waals surface area contributed by atoms with Crippen LogP contribution in [0.15, 0.2) is 23.2 Å². The smallest absolute Gasteiger partial charge is 0.223 e. The van der Waals surface area contributed by atoms with Crippen LogP contribution in [0.4, 0.5) is 4.39 Å². The summed E-state index contributed by atoms with van der Waals surface area (Å²) < 4.78 is 13.4. The van der Waals surface area contributed by atoms with E-state index in [0.29, 0.717) is 25.6 Å². The van der Waals surface area contributed by atoms with Gasteiger partial charge in [0.25, 0.3) is 0 Å². The maximum atomic E-state index is 13.4. The van der Waals surface area contributed by atoms with Crippen LogP contribution in [0, 0.1) is 11.7 Å². The van der Waals surface area contributed by atoms with Crippen LogP contribution in [-0.2, 0) is 17.1 Å². The fraction of sp³-hybridized carbons (Fsp3) is 0.529. The first-order chi connectivity index (χ1) is 11.6. The highest BCUT2D eigenvalue weighted by atomic mass is 32.2. The monoisotopic (exact) mass is 352 g/mol. The SMILES string of the molecule is CN=C(NCCNC(=O)C1CC1)NCc1ccc(F)cc1CSC. The third kappa shape index (κ3) is 6.03. The molecule has 1 aromatic rings. The lowest BCUT2D eigenvalue weighted by Gasteiger charge is -2.14. The van der Waals surface area contributed by atoms with Gasteiger partial charge in [-0.2, -0.15) is 11.8 Å². The molecule has 0 aromatic heterocycles. The lowest BCUT2D eigenvalue weighted by atomic mass is 10.1. The molecule has 1 saturated carbocycles. The number of halogens is 1. The van der Waals surface area contributed by atoms with E-state index in [0.717, 1.165) is 29.7 Å². The predicted octanol–water partition coefficient (Wildman–Crippen LogP) is 1.88. The number of nitrogens with zero attached hydrogens (tertiary/aromatic N) is 1. The molecule has 0 saturated heterocycles. The van der Waals surface area contributed by atoms with Gasteiger partial charge in [-0.3, -0.25) is 9.79 Å². The van der Waals surface area contributed by atoms with Crippen molar-refractivity contribution in [1.29, 1.82) is 0 Å². The van der Waals surface area contributed by atoms with E-state index in [2.05, 4.69) is 20.9 Å². The average Bonchev–Trinajstić information content (AvgIpc) is 3.41. The molecule has 1 fully saturated rings. The quantitative estimate of drug-likeness (QED) is 0.380. The van der Waals surface area contributed by atoms with Crippen molar-refractivity contribution in [2.75, 3.05) is 26.4 Å². The molecule has 0 heterocycles. The van der Waals surface area contributed by atoms with Crippen LogP contribution >= 0.6 is 11.8 Å². The highest BCUT2D eigenvalue weighted by molar-refractivity contribution is 7.97. The molecule has 0 radical (unpaired) electrons. The lowest BCUT2D eigenvalue weighted by Crippen LogP contribution is -2.41. The van der Waals surface area contributed by atoms with E-state index in [4.69, 9.17) is 0 Å². The summed E-state index contributed by atoms with van der Waals surface area (Å²) in [5, 5.41) is 9.29. The Morgan fingerprint density at radius 1 is 1.25 bits per heavy atom. The zero-order valence-electron chi connectivity index (χ0n) is 14.2. The Morgan fingerprint density at radius 3 is 2.67 bits per heavy atom. The number of aliphatic imine (C=N–C) groups is 1. The number of hydrogen-bond donors (Lipinski definition) is 3. The highest BCUT2D eigenvalue weighted by Crippen LogP contribution is 2.28. The molecule has 0 unspecified atom stereocenters. The maximum Gasteiger partial charge on any atom is 0.223 e. The van der Waals surface area contributed by atoms with E-state index >= 15 is 0 Å². The molecule has 7 heteroatoms. The number of nitrogens with one attached hydrogen (secondary N) is 3. The molecule has 0 atom stereocenters. The van der Waals surface area contributed by atoms with Gasteiger partial charge in [-0.15, -0.1) is 0 Å². The van der Waals surface area contributed by atoms with Gasteiger partial charge < -0.3 is 16.0 Å². The van der Waals surface area contributed by atoms with Gasteiger partial charge >= 0.3 is 0 Å². The van der Waals surface area contributed by atoms with E-state index in [9.17, 15) is 9.18 Å². The fourth-order valence-corrected chi connectivity index (χ4v) is 2.89. The van der Waals surface area contributed by atoms with Crippen molar-refractivity contribution in [2.24, 2.45) is 10.9 Å². The Balaban J connectivity index is 1.75. The Morgan fingerprint density at radius 2 is 2.00 bits per heavy atom. The summed E-state index contributed by atoms with van der Waals surface area (Å²) in [4.78, 5) is 15.7. The molecule has 0 bridgehead atoms. The molecule has 1 aliphatic rings. The van der Waals surface area contributed by atoms with Crippen molar-refractivity contribution in [2.45, 2.75) is 25.1 Å². The Hall–Kier alpha value is -1.76. The molecule has 1 amide bonds. The standard InChI is InChI=1S/C17H25FN4OS/c1-19-17(21-8-7-20-16(23)12-3-4-12)22-10-13-5-6-15(18)9-14(13)11-24-2/h5-6,9,12H,3-4,7-8,10-11H2,1-2H3,(H,20,23)(H2,19,21,22). The van der Waals surface area contributed by atoms with E-state index in [1.165, 1.54) is 6.07 Å².